The van der Waals surface area contributed by atoms with Gasteiger partial charge in [0.15, 0.2) is 0 Å². The minimum atomic E-state index is -3.44. The van der Waals surface area contributed by atoms with E-state index in [0.717, 1.165) is 12.8 Å². The third kappa shape index (κ3) is 4.33. The van der Waals surface area contributed by atoms with Gasteiger partial charge < -0.3 is 5.32 Å². The van der Waals surface area contributed by atoms with Crippen molar-refractivity contribution in [3.63, 3.8) is 0 Å². The minimum absolute atomic E-state index is 0.185. The molecular weight excluding hydrogens is 264 g/mol. The molecule has 0 bridgehead atoms. The number of hydrogen-bond donors (Lipinski definition) is 1. The summed E-state index contributed by atoms with van der Waals surface area (Å²) in [4.78, 5) is 11.1. The van der Waals surface area contributed by atoms with Gasteiger partial charge in [0.05, 0.1) is 4.90 Å². The Morgan fingerprint density at radius 2 is 1.84 bits per heavy atom. The van der Waals surface area contributed by atoms with Crippen molar-refractivity contribution in [2.24, 2.45) is 0 Å². The topological polar surface area (TPSA) is 66.5 Å². The van der Waals surface area contributed by atoms with Crippen molar-refractivity contribution in [2.75, 3.05) is 18.9 Å². The van der Waals surface area contributed by atoms with Gasteiger partial charge in [-0.25, -0.2) is 12.7 Å². The van der Waals surface area contributed by atoms with E-state index in [4.69, 9.17) is 0 Å². The minimum Gasteiger partial charge on any atom is -0.326 e. The van der Waals surface area contributed by atoms with E-state index in [2.05, 4.69) is 5.32 Å². The molecule has 5 nitrogen and oxygen atoms in total. The summed E-state index contributed by atoms with van der Waals surface area (Å²) in [6.07, 6.45) is 1.78. The molecule has 1 aromatic carbocycles. The smallest absolute Gasteiger partial charge is 0.242 e. The normalized spacial score (nSPS) is 11.6. The van der Waals surface area contributed by atoms with Crippen LogP contribution in [-0.4, -0.2) is 32.2 Å². The van der Waals surface area contributed by atoms with E-state index in [9.17, 15) is 13.2 Å². The second-order valence-corrected chi connectivity index (χ2v) is 6.43. The van der Waals surface area contributed by atoms with Crippen LogP contribution >= 0.6 is 0 Å². The molecule has 0 fully saturated rings. The fraction of sp³-hybridized carbons (Fsp3) is 0.462. The van der Waals surface area contributed by atoms with Crippen molar-refractivity contribution in [1.29, 1.82) is 0 Å². The first-order chi connectivity index (χ1) is 8.87. The van der Waals surface area contributed by atoms with Crippen molar-refractivity contribution >= 4 is 21.6 Å². The fourth-order valence-corrected chi connectivity index (χ4v) is 2.80. The van der Waals surface area contributed by atoms with Crippen LogP contribution < -0.4 is 5.32 Å². The SMILES string of the molecule is CCCCN(C)S(=O)(=O)c1ccc(NC(C)=O)cc1. The molecule has 1 rings (SSSR count). The van der Waals surface area contributed by atoms with Crippen LogP contribution in [0.2, 0.25) is 0 Å². The molecule has 0 aliphatic rings. The molecule has 19 heavy (non-hydrogen) atoms. The Morgan fingerprint density at radius 3 is 2.32 bits per heavy atom. The molecule has 0 heterocycles. The van der Waals surface area contributed by atoms with E-state index in [-0.39, 0.29) is 10.8 Å². The number of carbonyl (C=O) groups excluding carboxylic acids is 1. The standard InChI is InChI=1S/C13H20N2O3S/c1-4-5-10-15(3)19(17,18)13-8-6-12(7-9-13)14-11(2)16/h6-9H,4-5,10H2,1-3H3,(H,14,16). The van der Waals surface area contributed by atoms with Gasteiger partial charge in [-0.3, -0.25) is 4.79 Å². The highest BCUT2D eigenvalue weighted by molar-refractivity contribution is 7.89. The highest BCUT2D eigenvalue weighted by Crippen LogP contribution is 2.17. The van der Waals surface area contributed by atoms with Gasteiger partial charge in [0.25, 0.3) is 0 Å². The van der Waals surface area contributed by atoms with E-state index >= 15 is 0 Å². The average Bonchev–Trinajstić information content (AvgIpc) is 2.35. The molecule has 0 unspecified atom stereocenters. The lowest BCUT2D eigenvalue weighted by molar-refractivity contribution is -0.114. The number of sulfonamides is 1. The summed E-state index contributed by atoms with van der Waals surface area (Å²) in [5, 5.41) is 2.60. The number of benzene rings is 1. The molecule has 6 heteroatoms. The molecule has 106 valence electrons. The highest BCUT2D eigenvalue weighted by Gasteiger charge is 2.19. The number of nitrogens with zero attached hydrogens (tertiary/aromatic N) is 1. The van der Waals surface area contributed by atoms with E-state index in [1.165, 1.54) is 23.4 Å². The Balaban J connectivity index is 2.87. The van der Waals surface area contributed by atoms with Crippen molar-refractivity contribution < 1.29 is 13.2 Å². The van der Waals surface area contributed by atoms with Gasteiger partial charge in [-0.2, -0.15) is 0 Å². The lowest BCUT2D eigenvalue weighted by Crippen LogP contribution is -2.27. The number of carbonyl (C=O) groups is 1. The molecule has 0 spiro atoms. The second kappa shape index (κ2) is 6.68. The molecule has 0 saturated heterocycles. The number of hydrogen-bond acceptors (Lipinski definition) is 3. The van der Waals surface area contributed by atoms with Crippen LogP contribution in [0.4, 0.5) is 5.69 Å². The first-order valence-corrected chi connectivity index (χ1v) is 7.66. The molecular formula is C13H20N2O3S. The van der Waals surface area contributed by atoms with Gasteiger partial charge in [0, 0.05) is 26.2 Å². The van der Waals surface area contributed by atoms with Crippen LogP contribution in [0.15, 0.2) is 29.2 Å². The quantitative estimate of drug-likeness (QED) is 0.869. The van der Waals surface area contributed by atoms with Gasteiger partial charge >= 0.3 is 0 Å². The lowest BCUT2D eigenvalue weighted by Gasteiger charge is -2.17. The molecule has 0 aliphatic carbocycles. The number of anilines is 1. The summed E-state index contributed by atoms with van der Waals surface area (Å²) < 4.78 is 25.8. The number of amides is 1. The van der Waals surface area contributed by atoms with Crippen molar-refractivity contribution in [3.8, 4) is 0 Å². The van der Waals surface area contributed by atoms with Crippen LogP contribution in [0.25, 0.3) is 0 Å². The molecule has 1 aromatic rings. The zero-order valence-corrected chi connectivity index (χ0v) is 12.3. The van der Waals surface area contributed by atoms with Gasteiger partial charge in [-0.1, -0.05) is 13.3 Å². The Labute approximate surface area is 114 Å². The summed E-state index contributed by atoms with van der Waals surface area (Å²) >= 11 is 0. The van der Waals surface area contributed by atoms with Gasteiger partial charge in [0.2, 0.25) is 15.9 Å². The third-order valence-electron chi connectivity index (χ3n) is 2.71. The van der Waals surface area contributed by atoms with Crippen molar-refractivity contribution in [2.45, 2.75) is 31.6 Å². The predicted octanol–water partition coefficient (Wildman–Crippen LogP) is 2.07. The summed E-state index contributed by atoms with van der Waals surface area (Å²) in [7, 11) is -1.86. The zero-order valence-electron chi connectivity index (χ0n) is 11.5. The van der Waals surface area contributed by atoms with Crippen LogP contribution in [0, 0.1) is 0 Å². The highest BCUT2D eigenvalue weighted by atomic mass is 32.2. The van der Waals surface area contributed by atoms with Crippen LogP contribution in [-0.2, 0) is 14.8 Å². The van der Waals surface area contributed by atoms with Crippen LogP contribution in [0.5, 0.6) is 0 Å². The van der Waals surface area contributed by atoms with Crippen LogP contribution in [0.1, 0.15) is 26.7 Å². The predicted molar refractivity (Wildman–Crippen MR) is 75.5 cm³/mol. The van der Waals surface area contributed by atoms with Crippen molar-refractivity contribution in [3.05, 3.63) is 24.3 Å². The summed E-state index contributed by atoms with van der Waals surface area (Å²) in [6.45, 7) is 3.93. The third-order valence-corrected chi connectivity index (χ3v) is 4.58. The van der Waals surface area contributed by atoms with Crippen LogP contribution in [0.3, 0.4) is 0 Å². The number of unbranched alkanes of at least 4 members (excludes halogenated alkanes) is 1. The van der Waals surface area contributed by atoms with Gasteiger partial charge in [-0.05, 0) is 30.7 Å². The molecule has 0 aliphatic heterocycles. The first kappa shape index (κ1) is 15.7. The molecule has 0 aromatic heterocycles. The lowest BCUT2D eigenvalue weighted by atomic mass is 10.3. The van der Waals surface area contributed by atoms with Gasteiger partial charge in [-0.15, -0.1) is 0 Å². The second-order valence-electron chi connectivity index (χ2n) is 4.39. The van der Waals surface area contributed by atoms with E-state index in [1.807, 2.05) is 6.92 Å². The molecule has 0 radical (unpaired) electrons. The summed E-state index contributed by atoms with van der Waals surface area (Å²) in [5.74, 6) is -0.185. The summed E-state index contributed by atoms with van der Waals surface area (Å²) in [5.41, 5.74) is 0.586. The molecule has 0 atom stereocenters. The molecule has 1 amide bonds. The average molecular weight is 284 g/mol. The Hall–Kier alpha value is -1.40. The first-order valence-electron chi connectivity index (χ1n) is 6.22. The Bertz CT molecular complexity index is 523. The van der Waals surface area contributed by atoms with E-state index < -0.39 is 10.0 Å². The Morgan fingerprint density at radius 1 is 1.26 bits per heavy atom. The zero-order chi connectivity index (χ0) is 14.5. The number of rotatable bonds is 6. The Kier molecular flexibility index (Phi) is 5.50. The number of nitrogens with one attached hydrogen (secondary N) is 1. The van der Waals surface area contributed by atoms with Crippen molar-refractivity contribution in [1.82, 2.24) is 4.31 Å². The molecule has 1 N–H and O–H groups in total. The fourth-order valence-electron chi connectivity index (χ4n) is 1.59. The maximum Gasteiger partial charge on any atom is 0.242 e. The molecule has 0 saturated carbocycles. The summed E-state index contributed by atoms with van der Waals surface area (Å²) in [6, 6.07) is 6.18. The monoisotopic (exact) mass is 284 g/mol. The largest absolute Gasteiger partial charge is 0.326 e. The van der Waals surface area contributed by atoms with Gasteiger partial charge in [0.1, 0.15) is 0 Å². The van der Waals surface area contributed by atoms with E-state index in [1.54, 1.807) is 19.2 Å². The maximum absolute atomic E-state index is 12.2. The van der Waals surface area contributed by atoms with E-state index in [0.29, 0.717) is 12.2 Å². The maximum atomic E-state index is 12.2.